The van der Waals surface area contributed by atoms with Crippen molar-refractivity contribution in [3.63, 3.8) is 0 Å². The molecule has 112 valence electrons. The maximum absolute atomic E-state index is 11.8. The molecule has 0 fully saturated rings. The van der Waals surface area contributed by atoms with Crippen molar-refractivity contribution < 1.29 is 9.53 Å². The molecule has 0 aliphatic carbocycles. The molecule has 0 aromatic carbocycles. The fraction of sp³-hybridized carbons (Fsp3) is 0.571. The van der Waals surface area contributed by atoms with Gasteiger partial charge in [-0.1, -0.05) is 13.8 Å². The van der Waals surface area contributed by atoms with Crippen LogP contribution in [0, 0.1) is 5.92 Å². The van der Waals surface area contributed by atoms with Crippen LogP contribution >= 0.6 is 0 Å². The summed E-state index contributed by atoms with van der Waals surface area (Å²) in [6.45, 7) is 5.08. The van der Waals surface area contributed by atoms with E-state index in [2.05, 4.69) is 29.0 Å². The van der Waals surface area contributed by atoms with Gasteiger partial charge in [-0.2, -0.15) is 0 Å². The van der Waals surface area contributed by atoms with Crippen molar-refractivity contribution in [1.29, 1.82) is 0 Å². The van der Waals surface area contributed by atoms with Gasteiger partial charge in [-0.15, -0.1) is 0 Å². The number of methoxy groups -OCH3 is 1. The van der Waals surface area contributed by atoms with Crippen molar-refractivity contribution in [1.82, 2.24) is 9.88 Å². The average Bonchev–Trinajstić information content (AvgIpc) is 2.38. The average molecular weight is 280 g/mol. The summed E-state index contributed by atoms with van der Waals surface area (Å²) in [6.07, 6.45) is 1.53. The largest absolute Gasteiger partial charge is 0.465 e. The Morgan fingerprint density at radius 3 is 2.65 bits per heavy atom. The van der Waals surface area contributed by atoms with E-state index < -0.39 is 5.97 Å². The van der Waals surface area contributed by atoms with Gasteiger partial charge in [0.25, 0.3) is 0 Å². The van der Waals surface area contributed by atoms with Gasteiger partial charge >= 0.3 is 5.97 Å². The molecule has 0 amide bonds. The number of anilines is 2. The van der Waals surface area contributed by atoms with Gasteiger partial charge < -0.3 is 20.7 Å². The van der Waals surface area contributed by atoms with Gasteiger partial charge in [0.15, 0.2) is 0 Å². The molecule has 0 spiro atoms. The number of pyridine rings is 1. The monoisotopic (exact) mass is 280 g/mol. The Morgan fingerprint density at radius 1 is 1.50 bits per heavy atom. The van der Waals surface area contributed by atoms with Crippen LogP contribution in [-0.2, 0) is 4.74 Å². The standard InChI is InChI=1S/C14H24N4O2/c1-9(2)12(8-18(3)4)17-13-11(14(19)20-5)6-10(15)7-16-13/h6-7,9,12H,8,15H2,1-5H3,(H,16,17). The number of carbonyl (C=O) groups is 1. The topological polar surface area (TPSA) is 80.5 Å². The van der Waals surface area contributed by atoms with E-state index >= 15 is 0 Å². The van der Waals surface area contributed by atoms with Gasteiger partial charge in [-0.3, -0.25) is 0 Å². The zero-order valence-electron chi connectivity index (χ0n) is 12.8. The number of rotatable bonds is 6. The maximum atomic E-state index is 11.8. The van der Waals surface area contributed by atoms with Gasteiger partial charge in [-0.05, 0) is 26.1 Å². The molecule has 0 aliphatic rings. The number of nitrogen functional groups attached to an aromatic ring is 1. The summed E-state index contributed by atoms with van der Waals surface area (Å²) < 4.78 is 4.77. The number of ether oxygens (including phenoxy) is 1. The summed E-state index contributed by atoms with van der Waals surface area (Å²) in [5.41, 5.74) is 6.48. The maximum Gasteiger partial charge on any atom is 0.341 e. The lowest BCUT2D eigenvalue weighted by atomic mass is 10.0. The molecule has 1 aromatic rings. The van der Waals surface area contributed by atoms with Crippen LogP contribution in [0.5, 0.6) is 0 Å². The molecule has 0 radical (unpaired) electrons. The molecule has 1 heterocycles. The molecule has 0 saturated carbocycles. The lowest BCUT2D eigenvalue weighted by molar-refractivity contribution is 0.0601. The number of esters is 1. The van der Waals surface area contributed by atoms with Gasteiger partial charge in [-0.25, -0.2) is 9.78 Å². The van der Waals surface area contributed by atoms with Crippen LogP contribution in [0.3, 0.4) is 0 Å². The molecule has 1 rings (SSSR count). The molecule has 1 atom stereocenters. The third-order valence-corrected chi connectivity index (χ3v) is 3.00. The minimum atomic E-state index is -0.445. The number of nitrogens with zero attached hydrogens (tertiary/aromatic N) is 2. The van der Waals surface area contributed by atoms with Crippen molar-refractivity contribution in [3.05, 3.63) is 17.8 Å². The van der Waals surface area contributed by atoms with E-state index in [0.29, 0.717) is 23.0 Å². The van der Waals surface area contributed by atoms with Crippen molar-refractivity contribution in [2.24, 2.45) is 5.92 Å². The Hall–Kier alpha value is -1.82. The molecule has 1 unspecified atom stereocenters. The molecule has 6 heteroatoms. The highest BCUT2D eigenvalue weighted by molar-refractivity contribution is 5.95. The first-order chi connectivity index (χ1) is 9.35. The van der Waals surface area contributed by atoms with Crippen LogP contribution in [0.25, 0.3) is 0 Å². The number of hydrogen-bond donors (Lipinski definition) is 2. The van der Waals surface area contributed by atoms with E-state index in [1.165, 1.54) is 13.3 Å². The van der Waals surface area contributed by atoms with E-state index in [-0.39, 0.29) is 6.04 Å². The first-order valence-corrected chi connectivity index (χ1v) is 6.60. The number of aromatic nitrogens is 1. The first-order valence-electron chi connectivity index (χ1n) is 6.60. The molecule has 6 nitrogen and oxygen atoms in total. The summed E-state index contributed by atoms with van der Waals surface area (Å²) in [5, 5.41) is 3.31. The van der Waals surface area contributed by atoms with Gasteiger partial charge in [0.05, 0.1) is 19.0 Å². The van der Waals surface area contributed by atoms with E-state index in [1.807, 2.05) is 14.1 Å². The minimum Gasteiger partial charge on any atom is -0.465 e. The Morgan fingerprint density at radius 2 is 2.15 bits per heavy atom. The second-order valence-corrected chi connectivity index (χ2v) is 5.41. The van der Waals surface area contributed by atoms with Gasteiger partial charge in [0, 0.05) is 12.6 Å². The fourth-order valence-electron chi connectivity index (χ4n) is 1.85. The van der Waals surface area contributed by atoms with Crippen LogP contribution < -0.4 is 11.1 Å². The predicted octanol–water partition coefficient (Wildman–Crippen LogP) is 1.45. The Kier molecular flexibility index (Phi) is 5.76. The smallest absolute Gasteiger partial charge is 0.341 e. The van der Waals surface area contributed by atoms with Crippen molar-refractivity contribution >= 4 is 17.5 Å². The number of nitrogens with two attached hydrogens (primary N) is 1. The van der Waals surface area contributed by atoms with E-state index in [0.717, 1.165) is 6.54 Å². The molecule has 0 bridgehead atoms. The van der Waals surface area contributed by atoms with Crippen LogP contribution in [-0.4, -0.2) is 49.6 Å². The number of nitrogens with one attached hydrogen (secondary N) is 1. The van der Waals surface area contributed by atoms with Crippen LogP contribution in [0.1, 0.15) is 24.2 Å². The highest BCUT2D eigenvalue weighted by atomic mass is 16.5. The second kappa shape index (κ2) is 7.09. The minimum absolute atomic E-state index is 0.171. The number of hydrogen-bond acceptors (Lipinski definition) is 6. The molecule has 0 saturated heterocycles. The van der Waals surface area contributed by atoms with Crippen LogP contribution in [0.4, 0.5) is 11.5 Å². The summed E-state index contributed by atoms with van der Waals surface area (Å²) in [4.78, 5) is 18.1. The van der Waals surface area contributed by atoms with Crippen molar-refractivity contribution in [2.45, 2.75) is 19.9 Å². The SMILES string of the molecule is COC(=O)c1cc(N)cnc1NC(CN(C)C)C(C)C. The van der Waals surface area contributed by atoms with E-state index in [1.54, 1.807) is 6.07 Å². The lowest BCUT2D eigenvalue weighted by Gasteiger charge is -2.26. The molecule has 20 heavy (non-hydrogen) atoms. The third kappa shape index (κ3) is 4.38. The normalized spacial score (nSPS) is 12.6. The second-order valence-electron chi connectivity index (χ2n) is 5.41. The van der Waals surface area contributed by atoms with E-state index in [4.69, 9.17) is 10.5 Å². The van der Waals surface area contributed by atoms with E-state index in [9.17, 15) is 4.79 Å². The highest BCUT2D eigenvalue weighted by Crippen LogP contribution is 2.19. The molecule has 0 aliphatic heterocycles. The zero-order chi connectivity index (χ0) is 15.3. The quantitative estimate of drug-likeness (QED) is 0.768. The summed E-state index contributed by atoms with van der Waals surface area (Å²) in [5.74, 6) is 0.452. The molecular formula is C14H24N4O2. The van der Waals surface area contributed by atoms with Crippen molar-refractivity contribution in [3.8, 4) is 0 Å². The van der Waals surface area contributed by atoms with Crippen LogP contribution in [0.15, 0.2) is 12.3 Å². The fourth-order valence-corrected chi connectivity index (χ4v) is 1.85. The summed E-state index contributed by atoms with van der Waals surface area (Å²) in [7, 11) is 5.36. The lowest BCUT2D eigenvalue weighted by Crippen LogP contribution is -2.37. The highest BCUT2D eigenvalue weighted by Gasteiger charge is 2.19. The van der Waals surface area contributed by atoms with Crippen LogP contribution in [0.2, 0.25) is 0 Å². The Labute approximate surface area is 120 Å². The molecular weight excluding hydrogens is 256 g/mol. The van der Waals surface area contributed by atoms with Gasteiger partial charge in [0.1, 0.15) is 11.4 Å². The van der Waals surface area contributed by atoms with Gasteiger partial charge in [0.2, 0.25) is 0 Å². The number of carbonyl (C=O) groups excluding carboxylic acids is 1. The number of likely N-dealkylation sites (N-methyl/N-ethyl adjacent to an activating group) is 1. The van der Waals surface area contributed by atoms with Crippen molar-refractivity contribution in [2.75, 3.05) is 38.8 Å². The molecule has 3 N–H and O–H groups in total. The zero-order valence-corrected chi connectivity index (χ0v) is 12.8. The summed E-state index contributed by atoms with van der Waals surface area (Å²) in [6, 6.07) is 1.75. The summed E-state index contributed by atoms with van der Waals surface area (Å²) >= 11 is 0. The Bertz CT molecular complexity index is 460. The predicted molar refractivity (Wildman–Crippen MR) is 80.8 cm³/mol. The first kappa shape index (κ1) is 16.2. The third-order valence-electron chi connectivity index (χ3n) is 3.00. The molecule has 1 aromatic heterocycles. The Balaban J connectivity index is 3.02.